The van der Waals surface area contributed by atoms with Crippen LogP contribution in [0.3, 0.4) is 0 Å². The first-order valence-electron chi connectivity index (χ1n) is 7.73. The summed E-state index contributed by atoms with van der Waals surface area (Å²) in [5, 5.41) is 9.47. The Morgan fingerprint density at radius 2 is 2.00 bits per heavy atom. The van der Waals surface area contributed by atoms with Crippen molar-refractivity contribution in [1.82, 2.24) is 4.90 Å². The van der Waals surface area contributed by atoms with Crippen LogP contribution in [0.2, 0.25) is 0 Å². The molecule has 0 spiro atoms. The highest BCUT2D eigenvalue weighted by Crippen LogP contribution is 2.23. The predicted octanol–water partition coefficient (Wildman–Crippen LogP) is 2.45. The molecule has 4 nitrogen and oxygen atoms in total. The second kappa shape index (κ2) is 7.46. The van der Waals surface area contributed by atoms with Gasteiger partial charge in [-0.3, -0.25) is 4.79 Å². The number of amides is 1. The number of para-hydroxylation sites is 1. The summed E-state index contributed by atoms with van der Waals surface area (Å²) in [6.07, 6.45) is 4.09. The van der Waals surface area contributed by atoms with E-state index >= 15 is 0 Å². The summed E-state index contributed by atoms with van der Waals surface area (Å²) in [5.74, 6) is 0.764. The molecule has 1 heterocycles. The number of benzene rings is 1. The van der Waals surface area contributed by atoms with Crippen LogP contribution >= 0.6 is 0 Å². The maximum Gasteiger partial charge on any atom is 0.260 e. The van der Waals surface area contributed by atoms with Gasteiger partial charge in [0.25, 0.3) is 5.91 Å². The molecule has 0 aromatic heterocycles. The molecule has 1 aliphatic rings. The van der Waals surface area contributed by atoms with E-state index in [0.29, 0.717) is 0 Å². The summed E-state index contributed by atoms with van der Waals surface area (Å²) < 4.78 is 5.74. The van der Waals surface area contributed by atoms with Crippen molar-refractivity contribution in [3.8, 4) is 5.75 Å². The van der Waals surface area contributed by atoms with Crippen molar-refractivity contribution < 1.29 is 14.6 Å². The number of carbonyl (C=O) groups is 1. The molecule has 1 aromatic carbocycles. The summed E-state index contributed by atoms with van der Waals surface area (Å²) in [7, 11) is 0. The number of carbonyl (C=O) groups excluding carboxylic acids is 1. The van der Waals surface area contributed by atoms with E-state index in [-0.39, 0.29) is 25.2 Å². The molecular weight excluding hydrogens is 266 g/mol. The number of rotatable bonds is 4. The van der Waals surface area contributed by atoms with E-state index in [1.165, 1.54) is 0 Å². The van der Waals surface area contributed by atoms with Crippen LogP contribution in [-0.2, 0) is 4.79 Å². The molecule has 1 saturated heterocycles. The molecule has 0 saturated carbocycles. The topological polar surface area (TPSA) is 49.8 Å². The lowest BCUT2D eigenvalue weighted by molar-refractivity contribution is -0.136. The first-order valence-corrected chi connectivity index (χ1v) is 7.73. The van der Waals surface area contributed by atoms with Crippen LogP contribution in [0.5, 0.6) is 5.75 Å². The monoisotopic (exact) mass is 291 g/mol. The molecule has 4 heteroatoms. The largest absolute Gasteiger partial charge is 0.483 e. The second-order valence-corrected chi connectivity index (χ2v) is 5.78. The fraction of sp³-hybridized carbons (Fsp3) is 0.588. The minimum atomic E-state index is -0.0541. The maximum atomic E-state index is 12.4. The lowest BCUT2D eigenvalue weighted by atomic mass is 10.1. The van der Waals surface area contributed by atoms with Crippen molar-refractivity contribution in [2.75, 3.05) is 19.8 Å². The van der Waals surface area contributed by atoms with Crippen molar-refractivity contribution in [2.24, 2.45) is 0 Å². The van der Waals surface area contributed by atoms with Crippen LogP contribution in [0.25, 0.3) is 0 Å². The Morgan fingerprint density at radius 1 is 1.29 bits per heavy atom. The van der Waals surface area contributed by atoms with Crippen LogP contribution in [0.1, 0.15) is 36.8 Å². The van der Waals surface area contributed by atoms with Gasteiger partial charge in [0.2, 0.25) is 0 Å². The quantitative estimate of drug-likeness (QED) is 0.927. The number of ether oxygens (including phenoxy) is 1. The van der Waals surface area contributed by atoms with E-state index in [0.717, 1.165) is 49.1 Å². The van der Waals surface area contributed by atoms with Crippen molar-refractivity contribution in [2.45, 2.75) is 45.6 Å². The molecule has 1 fully saturated rings. The van der Waals surface area contributed by atoms with Crippen molar-refractivity contribution in [3.05, 3.63) is 29.3 Å². The van der Waals surface area contributed by atoms with E-state index in [1.54, 1.807) is 4.90 Å². The number of hydrogen-bond donors (Lipinski definition) is 1. The molecule has 1 unspecified atom stereocenters. The summed E-state index contributed by atoms with van der Waals surface area (Å²) in [6, 6.07) is 5.89. The molecule has 0 radical (unpaired) electrons. The number of nitrogens with zero attached hydrogens (tertiary/aromatic N) is 1. The third-order valence-corrected chi connectivity index (χ3v) is 4.16. The minimum Gasteiger partial charge on any atom is -0.483 e. The first-order chi connectivity index (χ1) is 10.1. The third-order valence-electron chi connectivity index (χ3n) is 4.16. The Kier molecular flexibility index (Phi) is 5.62. The number of aliphatic hydroxyl groups is 1. The maximum absolute atomic E-state index is 12.4. The van der Waals surface area contributed by atoms with E-state index in [4.69, 9.17) is 4.74 Å². The SMILES string of the molecule is Cc1cccc(C)c1OCC(=O)N1CCCCCC1CO. The Labute approximate surface area is 126 Å². The molecular formula is C17H25NO3. The van der Waals surface area contributed by atoms with Gasteiger partial charge in [-0.1, -0.05) is 31.0 Å². The second-order valence-electron chi connectivity index (χ2n) is 5.78. The molecule has 1 aromatic rings. The van der Waals surface area contributed by atoms with Gasteiger partial charge in [0.15, 0.2) is 6.61 Å². The Balaban J connectivity index is 2.00. The van der Waals surface area contributed by atoms with Crippen molar-refractivity contribution >= 4 is 5.91 Å². The van der Waals surface area contributed by atoms with Crippen LogP contribution in [-0.4, -0.2) is 41.7 Å². The number of hydrogen-bond acceptors (Lipinski definition) is 3. The van der Waals surface area contributed by atoms with Crippen LogP contribution in [0, 0.1) is 13.8 Å². The van der Waals surface area contributed by atoms with Gasteiger partial charge in [0.05, 0.1) is 12.6 Å². The normalized spacial score (nSPS) is 19.2. The Bertz CT molecular complexity index is 467. The lowest BCUT2D eigenvalue weighted by Gasteiger charge is -2.28. The minimum absolute atomic E-state index is 0.0291. The fourth-order valence-electron chi connectivity index (χ4n) is 2.94. The van der Waals surface area contributed by atoms with Gasteiger partial charge in [-0.25, -0.2) is 0 Å². The fourth-order valence-corrected chi connectivity index (χ4v) is 2.94. The molecule has 1 N–H and O–H groups in total. The molecule has 116 valence electrons. The zero-order valence-electron chi connectivity index (χ0n) is 13.0. The Morgan fingerprint density at radius 3 is 2.67 bits per heavy atom. The summed E-state index contributed by atoms with van der Waals surface area (Å²) in [6.45, 7) is 4.77. The van der Waals surface area contributed by atoms with E-state index in [9.17, 15) is 9.90 Å². The van der Waals surface area contributed by atoms with Gasteiger partial charge in [-0.05, 0) is 37.8 Å². The first kappa shape index (κ1) is 15.8. The zero-order chi connectivity index (χ0) is 15.2. The highest BCUT2D eigenvalue weighted by molar-refractivity contribution is 5.78. The van der Waals surface area contributed by atoms with Gasteiger partial charge < -0.3 is 14.7 Å². The van der Waals surface area contributed by atoms with E-state index in [2.05, 4.69) is 0 Å². The Hall–Kier alpha value is -1.55. The van der Waals surface area contributed by atoms with Crippen LogP contribution < -0.4 is 4.74 Å². The average molecular weight is 291 g/mol. The highest BCUT2D eigenvalue weighted by atomic mass is 16.5. The average Bonchev–Trinajstić information content (AvgIpc) is 2.71. The van der Waals surface area contributed by atoms with Crippen LogP contribution in [0.4, 0.5) is 0 Å². The van der Waals surface area contributed by atoms with Gasteiger partial charge in [-0.2, -0.15) is 0 Å². The zero-order valence-corrected chi connectivity index (χ0v) is 13.0. The highest BCUT2D eigenvalue weighted by Gasteiger charge is 2.25. The molecule has 0 bridgehead atoms. The van der Waals surface area contributed by atoms with Gasteiger partial charge in [0.1, 0.15) is 5.75 Å². The molecule has 1 atom stereocenters. The number of aliphatic hydroxyl groups excluding tert-OH is 1. The molecule has 1 aliphatic heterocycles. The van der Waals surface area contributed by atoms with E-state index in [1.807, 2.05) is 32.0 Å². The smallest absolute Gasteiger partial charge is 0.260 e. The molecule has 2 rings (SSSR count). The number of aryl methyl sites for hydroxylation is 2. The van der Waals surface area contributed by atoms with Gasteiger partial charge >= 0.3 is 0 Å². The molecule has 21 heavy (non-hydrogen) atoms. The van der Waals surface area contributed by atoms with Crippen molar-refractivity contribution in [3.63, 3.8) is 0 Å². The molecule has 1 amide bonds. The molecule has 0 aliphatic carbocycles. The summed E-state index contributed by atoms with van der Waals surface area (Å²) in [4.78, 5) is 14.2. The third kappa shape index (κ3) is 3.97. The van der Waals surface area contributed by atoms with Crippen LogP contribution in [0.15, 0.2) is 18.2 Å². The summed E-state index contributed by atoms with van der Waals surface area (Å²) in [5.41, 5.74) is 2.08. The van der Waals surface area contributed by atoms with E-state index < -0.39 is 0 Å². The summed E-state index contributed by atoms with van der Waals surface area (Å²) >= 11 is 0. The lowest BCUT2D eigenvalue weighted by Crippen LogP contribution is -2.44. The van der Waals surface area contributed by atoms with Crippen molar-refractivity contribution in [1.29, 1.82) is 0 Å². The number of likely N-dealkylation sites (tertiary alicyclic amines) is 1. The van der Waals surface area contributed by atoms with Gasteiger partial charge in [-0.15, -0.1) is 0 Å². The van der Waals surface area contributed by atoms with Gasteiger partial charge in [0, 0.05) is 6.54 Å². The predicted molar refractivity (Wildman–Crippen MR) is 82.5 cm³/mol. The standard InChI is InChI=1S/C17H25NO3/c1-13-7-6-8-14(2)17(13)21-12-16(20)18-10-5-3-4-9-15(18)11-19/h6-8,15,19H,3-5,9-12H2,1-2H3.